The SMILES string of the molecule is CCCCCCC/C=C\C/C=C\CCCC(CCCCCCCC(=O)NCC(=O)NC(CO)C(=O)O)OC(=O)CCCCCCC/C=C\CCCCCCCCC. The van der Waals surface area contributed by atoms with E-state index in [9.17, 15) is 19.2 Å². The molecule has 4 N–H and O–H groups in total. The molecule has 9 nitrogen and oxygen atoms in total. The lowest BCUT2D eigenvalue weighted by molar-refractivity contribution is -0.150. The minimum atomic E-state index is -1.39. The number of unbranched alkanes of at least 4 members (excludes halogenated alkanes) is 22. The number of rotatable bonds is 42. The number of carboxylic acids is 1. The van der Waals surface area contributed by atoms with Gasteiger partial charge in [0.05, 0.1) is 13.2 Å². The number of nitrogens with one attached hydrogen (secondary N) is 2. The van der Waals surface area contributed by atoms with E-state index in [2.05, 4.69) is 60.9 Å². The van der Waals surface area contributed by atoms with Gasteiger partial charge in [0.25, 0.3) is 0 Å². The Bertz CT molecular complexity index is 1060. The maximum Gasteiger partial charge on any atom is 0.328 e. The molecule has 0 saturated carbocycles. The summed E-state index contributed by atoms with van der Waals surface area (Å²) in [5, 5.41) is 22.6. The fraction of sp³-hybridized carbons (Fsp3) is 0.792. The van der Waals surface area contributed by atoms with E-state index in [1.54, 1.807) is 0 Å². The minimum absolute atomic E-state index is 0.0603. The molecule has 0 spiro atoms. The van der Waals surface area contributed by atoms with Gasteiger partial charge in [-0.15, -0.1) is 0 Å². The summed E-state index contributed by atoms with van der Waals surface area (Å²) in [6.07, 6.45) is 48.8. The van der Waals surface area contributed by atoms with E-state index in [0.717, 1.165) is 83.5 Å². The molecular formula is C48H86N2O7. The second-order valence-electron chi connectivity index (χ2n) is 15.8. The van der Waals surface area contributed by atoms with Gasteiger partial charge in [0.15, 0.2) is 0 Å². The molecule has 0 bridgehead atoms. The molecule has 0 aromatic carbocycles. The normalized spacial score (nSPS) is 12.8. The number of esters is 1. The fourth-order valence-corrected chi connectivity index (χ4v) is 6.75. The van der Waals surface area contributed by atoms with Gasteiger partial charge in [-0.25, -0.2) is 4.79 Å². The van der Waals surface area contributed by atoms with Gasteiger partial charge in [-0.3, -0.25) is 14.4 Å². The first kappa shape index (κ1) is 54.1. The van der Waals surface area contributed by atoms with Crippen molar-refractivity contribution in [3.05, 3.63) is 36.5 Å². The van der Waals surface area contributed by atoms with E-state index in [1.165, 1.54) is 103 Å². The first-order chi connectivity index (χ1) is 27.8. The van der Waals surface area contributed by atoms with Crippen LogP contribution in [0.4, 0.5) is 0 Å². The lowest BCUT2D eigenvalue weighted by Gasteiger charge is -2.18. The summed E-state index contributed by atoms with van der Waals surface area (Å²) in [7, 11) is 0. The number of hydrogen-bond donors (Lipinski definition) is 4. The topological polar surface area (TPSA) is 142 Å². The maximum atomic E-state index is 12.8. The Kier molecular flexibility index (Phi) is 40.5. The molecule has 0 radical (unpaired) electrons. The summed E-state index contributed by atoms with van der Waals surface area (Å²) in [6.45, 7) is 3.47. The second kappa shape index (κ2) is 42.7. The summed E-state index contributed by atoms with van der Waals surface area (Å²) >= 11 is 0. The highest BCUT2D eigenvalue weighted by Crippen LogP contribution is 2.18. The molecule has 0 fully saturated rings. The van der Waals surface area contributed by atoms with Crippen molar-refractivity contribution in [3.63, 3.8) is 0 Å². The zero-order valence-corrected chi connectivity index (χ0v) is 36.6. The summed E-state index contributed by atoms with van der Waals surface area (Å²) < 4.78 is 6.02. The Labute approximate surface area is 348 Å². The summed E-state index contributed by atoms with van der Waals surface area (Å²) in [5.41, 5.74) is 0. The lowest BCUT2D eigenvalue weighted by atomic mass is 10.0. The predicted molar refractivity (Wildman–Crippen MR) is 236 cm³/mol. The first-order valence-corrected chi connectivity index (χ1v) is 23.4. The van der Waals surface area contributed by atoms with Crippen molar-refractivity contribution < 1.29 is 34.1 Å². The summed E-state index contributed by atoms with van der Waals surface area (Å²) in [5.74, 6) is -2.33. The van der Waals surface area contributed by atoms with Crippen molar-refractivity contribution in [1.29, 1.82) is 0 Å². The van der Waals surface area contributed by atoms with Gasteiger partial charge in [0.1, 0.15) is 12.1 Å². The van der Waals surface area contributed by atoms with Gasteiger partial charge < -0.3 is 25.6 Å². The summed E-state index contributed by atoms with van der Waals surface area (Å²) in [6, 6.07) is -1.39. The van der Waals surface area contributed by atoms with Crippen molar-refractivity contribution in [2.75, 3.05) is 13.2 Å². The molecule has 2 atom stereocenters. The Balaban J connectivity index is 4.38. The highest BCUT2D eigenvalue weighted by Gasteiger charge is 2.19. The number of aliphatic hydroxyl groups excluding tert-OH is 1. The Morgan fingerprint density at radius 1 is 0.526 bits per heavy atom. The van der Waals surface area contributed by atoms with Crippen LogP contribution < -0.4 is 10.6 Å². The van der Waals surface area contributed by atoms with Crippen molar-refractivity contribution in [2.24, 2.45) is 0 Å². The van der Waals surface area contributed by atoms with Gasteiger partial charge in [0.2, 0.25) is 11.8 Å². The predicted octanol–water partition coefficient (Wildman–Crippen LogP) is 11.8. The van der Waals surface area contributed by atoms with Gasteiger partial charge in [-0.05, 0) is 89.9 Å². The number of aliphatic hydroxyl groups is 1. The van der Waals surface area contributed by atoms with Crippen LogP contribution in [0.5, 0.6) is 0 Å². The third-order valence-corrected chi connectivity index (χ3v) is 10.4. The van der Waals surface area contributed by atoms with Crippen LogP contribution in [0.1, 0.15) is 219 Å². The Morgan fingerprint density at radius 2 is 0.965 bits per heavy atom. The molecule has 0 aromatic heterocycles. The Morgan fingerprint density at radius 3 is 1.49 bits per heavy atom. The quantitative estimate of drug-likeness (QED) is 0.0273. The fourth-order valence-electron chi connectivity index (χ4n) is 6.75. The molecule has 2 unspecified atom stereocenters. The van der Waals surface area contributed by atoms with Crippen molar-refractivity contribution >= 4 is 23.8 Å². The number of allylic oxidation sites excluding steroid dienone is 6. The number of ether oxygens (including phenoxy) is 1. The number of aliphatic carboxylic acids is 1. The zero-order valence-electron chi connectivity index (χ0n) is 36.6. The van der Waals surface area contributed by atoms with Gasteiger partial charge >= 0.3 is 11.9 Å². The monoisotopic (exact) mass is 803 g/mol. The van der Waals surface area contributed by atoms with E-state index in [4.69, 9.17) is 14.9 Å². The largest absolute Gasteiger partial charge is 0.480 e. The van der Waals surface area contributed by atoms with Gasteiger partial charge in [-0.1, -0.05) is 153 Å². The van der Waals surface area contributed by atoms with Gasteiger partial charge in [-0.2, -0.15) is 0 Å². The molecule has 0 aromatic rings. The van der Waals surface area contributed by atoms with Crippen LogP contribution in [0.15, 0.2) is 36.5 Å². The van der Waals surface area contributed by atoms with Crippen LogP contribution >= 0.6 is 0 Å². The smallest absolute Gasteiger partial charge is 0.328 e. The number of amides is 2. The first-order valence-electron chi connectivity index (χ1n) is 23.4. The molecule has 2 amide bonds. The van der Waals surface area contributed by atoms with Crippen molar-refractivity contribution in [1.82, 2.24) is 10.6 Å². The average Bonchev–Trinajstić information content (AvgIpc) is 3.20. The minimum Gasteiger partial charge on any atom is -0.480 e. The molecule has 57 heavy (non-hydrogen) atoms. The molecule has 330 valence electrons. The van der Waals surface area contributed by atoms with Gasteiger partial charge in [0, 0.05) is 12.8 Å². The van der Waals surface area contributed by atoms with E-state index < -0.39 is 24.5 Å². The van der Waals surface area contributed by atoms with E-state index in [0.29, 0.717) is 12.8 Å². The molecule has 0 heterocycles. The highest BCUT2D eigenvalue weighted by molar-refractivity contribution is 5.87. The van der Waals surface area contributed by atoms with Crippen LogP contribution in [-0.4, -0.2) is 59.3 Å². The van der Waals surface area contributed by atoms with Crippen molar-refractivity contribution in [3.8, 4) is 0 Å². The highest BCUT2D eigenvalue weighted by atomic mass is 16.5. The zero-order chi connectivity index (χ0) is 41.9. The third-order valence-electron chi connectivity index (χ3n) is 10.4. The van der Waals surface area contributed by atoms with Crippen LogP contribution in [0.3, 0.4) is 0 Å². The molecule has 0 rings (SSSR count). The summed E-state index contributed by atoms with van der Waals surface area (Å²) in [4.78, 5) is 47.6. The van der Waals surface area contributed by atoms with Crippen molar-refractivity contribution in [2.45, 2.75) is 231 Å². The molecule has 0 aliphatic rings. The van der Waals surface area contributed by atoms with Crippen LogP contribution in [0, 0.1) is 0 Å². The molecule has 0 aliphatic carbocycles. The molecule has 0 aliphatic heterocycles. The molecular weight excluding hydrogens is 717 g/mol. The second-order valence-corrected chi connectivity index (χ2v) is 15.8. The van der Waals surface area contributed by atoms with Crippen LogP contribution in [0.25, 0.3) is 0 Å². The van der Waals surface area contributed by atoms with E-state index in [1.807, 2.05) is 0 Å². The number of carboxylic acid groups (broad SMARTS) is 1. The number of hydrogen-bond acceptors (Lipinski definition) is 6. The Hall–Kier alpha value is -2.94. The van der Waals surface area contributed by atoms with Crippen LogP contribution in [-0.2, 0) is 23.9 Å². The van der Waals surface area contributed by atoms with E-state index >= 15 is 0 Å². The average molecular weight is 803 g/mol. The maximum absolute atomic E-state index is 12.8. The molecule has 0 saturated heterocycles. The molecule has 9 heteroatoms. The van der Waals surface area contributed by atoms with E-state index in [-0.39, 0.29) is 30.9 Å². The number of carbonyl (C=O) groups excluding carboxylic acids is 3. The lowest BCUT2D eigenvalue weighted by Crippen LogP contribution is -2.47. The third kappa shape index (κ3) is 39.7. The standard InChI is InChI=1S/C48H86N2O7/c1-3-5-7-9-11-13-15-17-18-19-21-23-25-27-32-36-40-47(54)57-43(37-33-29-26-24-22-20-16-14-12-10-8-6-4-2)38-34-30-28-31-35-39-45(52)49-41-46(53)50-44(42-51)48(55)56/h16,18-20,24,26,43-44,51H,3-15,17,21-23,25,27-42H2,1-2H3,(H,49,52)(H,50,53)(H,55,56)/b19-18-,20-16-,26-24-. The number of carbonyl (C=O) groups is 4. The van der Waals surface area contributed by atoms with Crippen LogP contribution in [0.2, 0.25) is 0 Å².